The average molecular weight is 382 g/mol. The van der Waals surface area contributed by atoms with Crippen LogP contribution >= 0.6 is 11.6 Å². The van der Waals surface area contributed by atoms with Crippen LogP contribution in [0.25, 0.3) is 0 Å². The lowest BCUT2D eigenvalue weighted by molar-refractivity contribution is -0.159. The Morgan fingerprint density at radius 2 is 1.73 bits per heavy atom. The van der Waals surface area contributed by atoms with Crippen LogP contribution < -0.4 is 10.6 Å². The largest absolute Gasteiger partial charge is 0.479 e. The van der Waals surface area contributed by atoms with E-state index in [9.17, 15) is 19.5 Å². The van der Waals surface area contributed by atoms with Crippen molar-refractivity contribution in [3.05, 3.63) is 34.9 Å². The summed E-state index contributed by atoms with van der Waals surface area (Å²) in [4.78, 5) is 37.3. The van der Waals surface area contributed by atoms with Crippen molar-refractivity contribution >= 4 is 29.5 Å². The fraction of sp³-hybridized carbons (Fsp3) is 0.500. The van der Waals surface area contributed by atoms with Gasteiger partial charge in [-0.05, 0) is 30.5 Å². The SMILES string of the molecule is CN(C(=O)CNC(=O)NCc1ccc(Cl)cc1)C1(C(=O)O)CCCCC1. The Balaban J connectivity index is 1.83. The Bertz CT molecular complexity index is 657. The summed E-state index contributed by atoms with van der Waals surface area (Å²) < 4.78 is 0. The number of carboxylic acids is 1. The Morgan fingerprint density at radius 3 is 2.31 bits per heavy atom. The molecule has 7 nitrogen and oxygen atoms in total. The van der Waals surface area contributed by atoms with Crippen molar-refractivity contribution in [1.82, 2.24) is 15.5 Å². The van der Waals surface area contributed by atoms with Gasteiger partial charge in [0.2, 0.25) is 5.91 Å². The number of nitrogens with zero attached hydrogens (tertiary/aromatic N) is 1. The predicted octanol–water partition coefficient (Wildman–Crippen LogP) is 2.39. The number of carboxylic acid groups (broad SMARTS) is 1. The number of urea groups is 1. The first kappa shape index (κ1) is 20.0. The Morgan fingerprint density at radius 1 is 1.12 bits per heavy atom. The van der Waals surface area contributed by atoms with E-state index in [2.05, 4.69) is 10.6 Å². The van der Waals surface area contributed by atoms with E-state index in [0.29, 0.717) is 24.4 Å². The smallest absolute Gasteiger partial charge is 0.329 e. The molecule has 1 saturated carbocycles. The summed E-state index contributed by atoms with van der Waals surface area (Å²) in [6.45, 7) is 0.0457. The van der Waals surface area contributed by atoms with E-state index >= 15 is 0 Å². The molecule has 0 aliphatic heterocycles. The van der Waals surface area contributed by atoms with Crippen molar-refractivity contribution in [1.29, 1.82) is 0 Å². The van der Waals surface area contributed by atoms with Gasteiger partial charge in [-0.2, -0.15) is 0 Å². The molecule has 142 valence electrons. The average Bonchev–Trinajstić information content (AvgIpc) is 2.65. The molecule has 0 saturated heterocycles. The number of benzene rings is 1. The number of amides is 3. The van der Waals surface area contributed by atoms with Crippen LogP contribution in [0.5, 0.6) is 0 Å². The molecule has 1 aromatic rings. The van der Waals surface area contributed by atoms with E-state index in [-0.39, 0.29) is 6.54 Å². The van der Waals surface area contributed by atoms with Crippen molar-refractivity contribution in [2.45, 2.75) is 44.2 Å². The molecule has 1 aromatic carbocycles. The summed E-state index contributed by atoms with van der Waals surface area (Å²) in [7, 11) is 1.50. The van der Waals surface area contributed by atoms with Gasteiger partial charge in [-0.15, -0.1) is 0 Å². The number of nitrogens with one attached hydrogen (secondary N) is 2. The van der Waals surface area contributed by atoms with E-state index in [1.54, 1.807) is 24.3 Å². The summed E-state index contributed by atoms with van der Waals surface area (Å²) >= 11 is 5.80. The minimum absolute atomic E-state index is 0.252. The van der Waals surface area contributed by atoms with Gasteiger partial charge in [0.25, 0.3) is 0 Å². The maximum atomic E-state index is 12.4. The Kier molecular flexibility index (Phi) is 6.85. The number of hydrogen-bond donors (Lipinski definition) is 3. The van der Waals surface area contributed by atoms with Gasteiger partial charge in [0, 0.05) is 18.6 Å². The molecule has 0 radical (unpaired) electrons. The molecular formula is C18H24ClN3O4. The van der Waals surface area contributed by atoms with E-state index in [0.717, 1.165) is 24.8 Å². The number of hydrogen-bond acceptors (Lipinski definition) is 3. The van der Waals surface area contributed by atoms with Gasteiger partial charge in [0.15, 0.2) is 0 Å². The molecule has 2 rings (SSSR count). The summed E-state index contributed by atoms with van der Waals surface area (Å²) in [6, 6.07) is 6.55. The van der Waals surface area contributed by atoms with Gasteiger partial charge in [0.1, 0.15) is 5.54 Å². The van der Waals surface area contributed by atoms with E-state index in [1.165, 1.54) is 11.9 Å². The molecule has 0 heterocycles. The fourth-order valence-corrected chi connectivity index (χ4v) is 3.32. The first-order chi connectivity index (χ1) is 12.3. The molecule has 0 aromatic heterocycles. The molecule has 1 aliphatic rings. The normalized spacial score (nSPS) is 15.8. The van der Waals surface area contributed by atoms with Crippen molar-refractivity contribution in [2.24, 2.45) is 0 Å². The highest BCUT2D eigenvalue weighted by atomic mass is 35.5. The lowest BCUT2D eigenvalue weighted by atomic mass is 9.80. The van der Waals surface area contributed by atoms with Crippen molar-refractivity contribution < 1.29 is 19.5 Å². The number of likely N-dealkylation sites (N-methyl/N-ethyl adjacent to an activating group) is 1. The zero-order chi connectivity index (χ0) is 19.2. The van der Waals surface area contributed by atoms with Gasteiger partial charge in [0.05, 0.1) is 6.54 Å². The van der Waals surface area contributed by atoms with Crippen LogP contribution in [0.3, 0.4) is 0 Å². The second-order valence-electron chi connectivity index (χ2n) is 6.51. The highest BCUT2D eigenvalue weighted by Gasteiger charge is 2.45. The predicted molar refractivity (Wildman–Crippen MR) is 97.9 cm³/mol. The monoisotopic (exact) mass is 381 g/mol. The third-order valence-corrected chi connectivity index (χ3v) is 5.11. The van der Waals surface area contributed by atoms with Gasteiger partial charge in [-0.1, -0.05) is 43.0 Å². The second-order valence-corrected chi connectivity index (χ2v) is 6.95. The third kappa shape index (κ3) is 4.88. The van der Waals surface area contributed by atoms with Crippen LogP contribution in [-0.4, -0.2) is 47.0 Å². The van der Waals surface area contributed by atoms with E-state index in [1.807, 2.05) is 0 Å². The second kappa shape index (κ2) is 8.89. The standard InChI is InChI=1S/C18H24ClN3O4/c1-22(18(16(24)25)9-3-2-4-10-18)15(23)12-21-17(26)20-11-13-5-7-14(19)8-6-13/h5-8H,2-4,9-12H2,1H3,(H,24,25)(H2,20,21,26). The number of halogens is 1. The zero-order valence-electron chi connectivity index (χ0n) is 14.8. The topological polar surface area (TPSA) is 98.7 Å². The quantitative estimate of drug-likeness (QED) is 0.704. The van der Waals surface area contributed by atoms with Crippen molar-refractivity contribution in [3.63, 3.8) is 0 Å². The van der Waals surface area contributed by atoms with Crippen LogP contribution in [0.15, 0.2) is 24.3 Å². The number of carbonyl (C=O) groups excluding carboxylic acids is 2. The summed E-state index contributed by atoms with van der Waals surface area (Å²) in [6.07, 6.45) is 3.40. The van der Waals surface area contributed by atoms with Crippen LogP contribution in [0.2, 0.25) is 5.02 Å². The molecule has 1 fully saturated rings. The summed E-state index contributed by atoms with van der Waals surface area (Å²) in [5, 5.41) is 15.3. The number of aliphatic carboxylic acids is 1. The molecule has 0 bridgehead atoms. The Labute approximate surface area is 157 Å². The number of carbonyl (C=O) groups is 3. The van der Waals surface area contributed by atoms with E-state index in [4.69, 9.17) is 11.6 Å². The molecule has 0 atom stereocenters. The fourth-order valence-electron chi connectivity index (χ4n) is 3.19. The molecule has 8 heteroatoms. The van der Waals surface area contributed by atoms with E-state index < -0.39 is 23.4 Å². The lowest BCUT2D eigenvalue weighted by Crippen LogP contribution is -2.58. The van der Waals surface area contributed by atoms with Gasteiger partial charge < -0.3 is 20.6 Å². The van der Waals surface area contributed by atoms with Gasteiger partial charge in [-0.25, -0.2) is 9.59 Å². The van der Waals surface area contributed by atoms with Crippen molar-refractivity contribution in [2.75, 3.05) is 13.6 Å². The third-order valence-electron chi connectivity index (χ3n) is 4.86. The summed E-state index contributed by atoms with van der Waals surface area (Å²) in [5.74, 6) is -1.41. The minimum atomic E-state index is -1.17. The van der Waals surface area contributed by atoms with Crippen molar-refractivity contribution in [3.8, 4) is 0 Å². The molecule has 26 heavy (non-hydrogen) atoms. The zero-order valence-corrected chi connectivity index (χ0v) is 15.5. The molecule has 0 unspecified atom stereocenters. The molecule has 3 N–H and O–H groups in total. The van der Waals surface area contributed by atoms with Crippen LogP contribution in [0, 0.1) is 0 Å². The summed E-state index contributed by atoms with van der Waals surface area (Å²) in [5.41, 5.74) is -0.295. The molecule has 1 aliphatic carbocycles. The number of rotatable bonds is 6. The maximum Gasteiger partial charge on any atom is 0.329 e. The van der Waals surface area contributed by atoms with Crippen LogP contribution in [0.4, 0.5) is 4.79 Å². The highest BCUT2D eigenvalue weighted by Crippen LogP contribution is 2.33. The highest BCUT2D eigenvalue weighted by molar-refractivity contribution is 6.30. The first-order valence-electron chi connectivity index (χ1n) is 8.61. The maximum absolute atomic E-state index is 12.4. The van der Waals surface area contributed by atoms with Crippen LogP contribution in [-0.2, 0) is 16.1 Å². The first-order valence-corrected chi connectivity index (χ1v) is 8.99. The minimum Gasteiger partial charge on any atom is -0.479 e. The lowest BCUT2D eigenvalue weighted by Gasteiger charge is -2.41. The molecule has 3 amide bonds. The van der Waals surface area contributed by atoms with Gasteiger partial charge >= 0.3 is 12.0 Å². The molecule has 0 spiro atoms. The van der Waals surface area contributed by atoms with Crippen LogP contribution in [0.1, 0.15) is 37.7 Å². The van der Waals surface area contributed by atoms with Gasteiger partial charge in [-0.3, -0.25) is 4.79 Å². The Hall–Kier alpha value is -2.28. The molecular weight excluding hydrogens is 358 g/mol.